The number of aromatic amines is 1. The largest absolute Gasteiger partial charge is 0.478 e. The van der Waals surface area contributed by atoms with Crippen LogP contribution in [0.2, 0.25) is 5.02 Å². The van der Waals surface area contributed by atoms with Gasteiger partial charge in [-0.3, -0.25) is 9.67 Å². The van der Waals surface area contributed by atoms with Gasteiger partial charge in [-0.05, 0) is 30.3 Å². The topological polar surface area (TPSA) is 83.8 Å². The van der Waals surface area contributed by atoms with Crippen LogP contribution in [0.25, 0.3) is 33.3 Å². The van der Waals surface area contributed by atoms with Crippen LogP contribution in [0.3, 0.4) is 0 Å². The van der Waals surface area contributed by atoms with E-state index in [1.165, 1.54) is 12.3 Å². The van der Waals surface area contributed by atoms with E-state index in [1.54, 1.807) is 16.8 Å². The van der Waals surface area contributed by atoms with Gasteiger partial charge in [-0.1, -0.05) is 11.6 Å². The molecule has 0 aliphatic heterocycles. The Hall–Kier alpha value is -2.86. The summed E-state index contributed by atoms with van der Waals surface area (Å²) in [6, 6.07) is 8.83. The fraction of sp³-hybridized carbons (Fsp3) is 0.0625. The second-order valence-electron chi connectivity index (χ2n) is 5.24. The van der Waals surface area contributed by atoms with E-state index >= 15 is 0 Å². The van der Waals surface area contributed by atoms with Gasteiger partial charge in [-0.15, -0.1) is 0 Å². The summed E-state index contributed by atoms with van der Waals surface area (Å²) in [5, 5.41) is 15.4. The van der Waals surface area contributed by atoms with Gasteiger partial charge in [0.2, 0.25) is 0 Å². The lowest BCUT2D eigenvalue weighted by Crippen LogP contribution is -1.97. The molecule has 0 aliphatic carbocycles. The normalized spacial score (nSPS) is 11.4. The predicted molar refractivity (Wildman–Crippen MR) is 87.8 cm³/mol. The molecule has 0 spiro atoms. The molecular weight excluding hydrogens is 316 g/mol. The Bertz CT molecular complexity index is 1080. The second kappa shape index (κ2) is 4.82. The second-order valence-corrected chi connectivity index (χ2v) is 5.68. The molecule has 0 bridgehead atoms. The molecule has 2 N–H and O–H groups in total. The third kappa shape index (κ3) is 2.07. The van der Waals surface area contributed by atoms with Crippen LogP contribution in [0.4, 0.5) is 0 Å². The molecule has 0 atom stereocenters. The molecule has 3 heterocycles. The summed E-state index contributed by atoms with van der Waals surface area (Å²) in [7, 11) is 1.84. The van der Waals surface area contributed by atoms with E-state index in [4.69, 9.17) is 11.6 Å². The van der Waals surface area contributed by atoms with Crippen molar-refractivity contribution in [1.29, 1.82) is 0 Å². The number of hydrogen-bond acceptors (Lipinski definition) is 3. The van der Waals surface area contributed by atoms with Crippen LogP contribution in [0, 0.1) is 0 Å². The molecule has 0 unspecified atom stereocenters. The monoisotopic (exact) mass is 326 g/mol. The van der Waals surface area contributed by atoms with Gasteiger partial charge in [0.25, 0.3) is 0 Å². The van der Waals surface area contributed by atoms with Crippen molar-refractivity contribution in [3.8, 4) is 11.4 Å². The lowest BCUT2D eigenvalue weighted by Gasteiger charge is -1.96. The minimum atomic E-state index is -0.997. The number of pyridine rings is 1. The average molecular weight is 327 g/mol. The van der Waals surface area contributed by atoms with Gasteiger partial charge in [0.15, 0.2) is 0 Å². The molecule has 3 aromatic heterocycles. The Morgan fingerprint density at radius 1 is 1.30 bits per heavy atom. The Balaban J connectivity index is 2.00. The van der Waals surface area contributed by atoms with Crippen LogP contribution >= 0.6 is 11.6 Å². The number of rotatable bonds is 2. The Morgan fingerprint density at radius 3 is 2.91 bits per heavy atom. The Kier molecular flexibility index (Phi) is 2.89. The van der Waals surface area contributed by atoms with Crippen molar-refractivity contribution in [1.82, 2.24) is 19.7 Å². The molecular formula is C16H11ClN4O2. The molecule has 4 aromatic rings. The van der Waals surface area contributed by atoms with E-state index in [9.17, 15) is 9.90 Å². The fourth-order valence-corrected chi connectivity index (χ4v) is 2.93. The van der Waals surface area contributed by atoms with Crippen molar-refractivity contribution in [3.63, 3.8) is 0 Å². The van der Waals surface area contributed by atoms with Gasteiger partial charge in [0.1, 0.15) is 5.69 Å². The van der Waals surface area contributed by atoms with Gasteiger partial charge in [0.05, 0.1) is 27.8 Å². The molecule has 4 rings (SSSR count). The van der Waals surface area contributed by atoms with Crippen LogP contribution in [-0.4, -0.2) is 30.8 Å². The Morgan fingerprint density at radius 2 is 2.13 bits per heavy atom. The predicted octanol–water partition coefficient (Wildman–Crippen LogP) is 3.47. The first kappa shape index (κ1) is 13.8. The van der Waals surface area contributed by atoms with E-state index in [1.807, 2.05) is 19.2 Å². The number of nitrogens with one attached hydrogen (secondary N) is 1. The molecule has 0 fully saturated rings. The van der Waals surface area contributed by atoms with Gasteiger partial charge in [-0.25, -0.2) is 4.79 Å². The third-order valence-electron chi connectivity index (χ3n) is 3.82. The molecule has 7 heteroatoms. The highest BCUT2D eigenvalue weighted by Gasteiger charge is 2.16. The van der Waals surface area contributed by atoms with Gasteiger partial charge in [-0.2, -0.15) is 5.10 Å². The quantitative estimate of drug-likeness (QED) is 0.590. The highest BCUT2D eigenvalue weighted by molar-refractivity contribution is 6.31. The van der Waals surface area contributed by atoms with Crippen LogP contribution in [0.15, 0.2) is 36.5 Å². The number of H-pyrrole nitrogens is 1. The maximum absolute atomic E-state index is 11.3. The van der Waals surface area contributed by atoms with Crippen LogP contribution in [0.1, 0.15) is 10.4 Å². The SMILES string of the molecule is Cn1nc(-c2cc3nccc(C(=O)O)c3[nH]2)c2ccc(Cl)cc21. The van der Waals surface area contributed by atoms with E-state index < -0.39 is 5.97 Å². The number of nitrogens with zero attached hydrogens (tertiary/aromatic N) is 3. The first-order valence-corrected chi connectivity index (χ1v) is 7.26. The number of hydrogen-bond donors (Lipinski definition) is 2. The third-order valence-corrected chi connectivity index (χ3v) is 4.06. The molecule has 0 saturated heterocycles. The molecule has 0 saturated carbocycles. The summed E-state index contributed by atoms with van der Waals surface area (Å²) in [4.78, 5) is 18.7. The van der Waals surface area contributed by atoms with Gasteiger partial charge >= 0.3 is 5.97 Å². The number of aromatic nitrogens is 4. The number of halogens is 1. The summed E-state index contributed by atoms with van der Waals surface area (Å²) >= 11 is 6.04. The molecule has 0 radical (unpaired) electrons. The zero-order valence-corrected chi connectivity index (χ0v) is 12.8. The number of carbonyl (C=O) groups is 1. The van der Waals surface area contributed by atoms with Gasteiger partial charge < -0.3 is 10.1 Å². The molecule has 0 amide bonds. The smallest absolute Gasteiger partial charge is 0.337 e. The summed E-state index contributed by atoms with van der Waals surface area (Å²) in [5.74, 6) is -0.997. The summed E-state index contributed by atoms with van der Waals surface area (Å²) in [5.41, 5.74) is 3.61. The molecule has 23 heavy (non-hydrogen) atoms. The van der Waals surface area contributed by atoms with Crippen molar-refractivity contribution >= 4 is 39.5 Å². The van der Waals surface area contributed by atoms with Crippen molar-refractivity contribution < 1.29 is 9.90 Å². The van der Waals surface area contributed by atoms with Gasteiger partial charge in [0, 0.05) is 23.7 Å². The first-order valence-electron chi connectivity index (χ1n) is 6.88. The minimum absolute atomic E-state index is 0.185. The van der Waals surface area contributed by atoms with Crippen molar-refractivity contribution in [3.05, 3.63) is 47.1 Å². The van der Waals surface area contributed by atoms with E-state index in [0.29, 0.717) is 21.7 Å². The van der Waals surface area contributed by atoms with Crippen LogP contribution in [-0.2, 0) is 7.05 Å². The zero-order chi connectivity index (χ0) is 16.1. The van der Waals surface area contributed by atoms with Crippen molar-refractivity contribution in [2.75, 3.05) is 0 Å². The maximum Gasteiger partial charge on any atom is 0.337 e. The Labute approximate surface area is 135 Å². The molecule has 114 valence electrons. The highest BCUT2D eigenvalue weighted by atomic mass is 35.5. The number of carboxylic acids is 1. The number of carboxylic acid groups (broad SMARTS) is 1. The molecule has 6 nitrogen and oxygen atoms in total. The van der Waals surface area contributed by atoms with Crippen LogP contribution < -0.4 is 0 Å². The van der Waals surface area contributed by atoms with E-state index in [-0.39, 0.29) is 5.56 Å². The molecule has 0 aliphatic rings. The first-order chi connectivity index (χ1) is 11.0. The fourth-order valence-electron chi connectivity index (χ4n) is 2.76. The highest BCUT2D eigenvalue weighted by Crippen LogP contribution is 2.31. The maximum atomic E-state index is 11.3. The van der Waals surface area contributed by atoms with Crippen molar-refractivity contribution in [2.45, 2.75) is 0 Å². The summed E-state index contributed by atoms with van der Waals surface area (Å²) < 4.78 is 1.74. The van der Waals surface area contributed by atoms with Crippen molar-refractivity contribution in [2.24, 2.45) is 7.05 Å². The van der Waals surface area contributed by atoms with Crippen LogP contribution in [0.5, 0.6) is 0 Å². The number of aromatic carboxylic acids is 1. The minimum Gasteiger partial charge on any atom is -0.478 e. The summed E-state index contributed by atoms with van der Waals surface area (Å²) in [6.07, 6.45) is 1.49. The zero-order valence-electron chi connectivity index (χ0n) is 12.0. The number of aryl methyl sites for hydroxylation is 1. The lowest BCUT2D eigenvalue weighted by molar-refractivity contribution is 0.0699. The number of benzene rings is 1. The summed E-state index contributed by atoms with van der Waals surface area (Å²) in [6.45, 7) is 0. The standard InChI is InChI=1S/C16H11ClN4O2/c1-21-13-6-8(17)2-3-9(13)15(20-21)12-7-11-14(19-12)10(16(22)23)4-5-18-11/h2-7,19H,1H3,(H,22,23). The molecule has 1 aromatic carbocycles. The average Bonchev–Trinajstić information content (AvgIpc) is 3.08. The van der Waals surface area contributed by atoms with E-state index in [0.717, 1.165) is 16.6 Å². The number of fused-ring (bicyclic) bond motifs is 2. The van der Waals surface area contributed by atoms with E-state index in [2.05, 4.69) is 15.1 Å². The lowest BCUT2D eigenvalue weighted by atomic mass is 10.1.